The number of rotatable bonds is 4. The van der Waals surface area contributed by atoms with Gasteiger partial charge in [-0.25, -0.2) is 4.79 Å². The van der Waals surface area contributed by atoms with E-state index in [0.29, 0.717) is 12.8 Å². The molecule has 0 saturated heterocycles. The van der Waals surface area contributed by atoms with Gasteiger partial charge in [0.2, 0.25) is 0 Å². The maximum absolute atomic E-state index is 11.2. The van der Waals surface area contributed by atoms with Crippen molar-refractivity contribution in [2.45, 2.75) is 52.2 Å². The van der Waals surface area contributed by atoms with Crippen LogP contribution in [0, 0.1) is 0 Å². The number of amides is 1. The van der Waals surface area contributed by atoms with E-state index in [4.69, 9.17) is 4.74 Å². The van der Waals surface area contributed by atoms with E-state index in [1.54, 1.807) is 0 Å². The fourth-order valence-electron chi connectivity index (χ4n) is 0.899. The highest BCUT2D eigenvalue weighted by atomic mass is 16.6. The minimum absolute atomic E-state index is 0.0324. The molecule has 0 heterocycles. The number of ether oxygens (including phenoxy) is 1. The Bertz CT molecular complexity index is 196. The second-order valence-electron chi connectivity index (χ2n) is 4.29. The van der Waals surface area contributed by atoms with Gasteiger partial charge >= 0.3 is 6.09 Å². The van der Waals surface area contributed by atoms with Gasteiger partial charge in [-0.05, 0) is 34.1 Å². The molecule has 0 aromatic carbocycles. The molecule has 4 nitrogen and oxygen atoms in total. The van der Waals surface area contributed by atoms with Crippen molar-refractivity contribution >= 4 is 12.4 Å². The summed E-state index contributed by atoms with van der Waals surface area (Å²) in [6.45, 7) is 7.27. The molecule has 1 amide bonds. The molecule has 0 spiro atoms. The van der Waals surface area contributed by atoms with Gasteiger partial charge in [-0.3, -0.25) is 0 Å². The molecule has 0 saturated carbocycles. The highest BCUT2D eigenvalue weighted by molar-refractivity contribution is 5.68. The molecule has 0 aromatic rings. The van der Waals surface area contributed by atoms with Crippen LogP contribution in [0.3, 0.4) is 0 Å². The topological polar surface area (TPSA) is 55.4 Å². The highest BCUT2D eigenvalue weighted by Gasteiger charge is 2.17. The summed E-state index contributed by atoms with van der Waals surface area (Å²) in [7, 11) is 0. The minimum atomic E-state index is -0.478. The largest absolute Gasteiger partial charge is 0.444 e. The maximum atomic E-state index is 11.2. The van der Waals surface area contributed by atoms with E-state index in [2.05, 4.69) is 5.32 Å². The molecule has 0 aliphatic heterocycles. The zero-order valence-corrected chi connectivity index (χ0v) is 9.29. The van der Waals surface area contributed by atoms with E-state index >= 15 is 0 Å². The molecule has 14 heavy (non-hydrogen) atoms. The molecule has 0 aliphatic rings. The molecule has 0 fully saturated rings. The Balaban J connectivity index is 3.76. The van der Waals surface area contributed by atoms with Gasteiger partial charge < -0.3 is 14.8 Å². The number of carbonyl (C=O) groups excluding carboxylic acids is 2. The van der Waals surface area contributed by atoms with Crippen molar-refractivity contribution < 1.29 is 14.3 Å². The fraction of sp³-hybridized carbons (Fsp3) is 0.800. The molecule has 4 heteroatoms. The van der Waals surface area contributed by atoms with Gasteiger partial charge in [0, 0.05) is 12.5 Å². The first-order valence-corrected chi connectivity index (χ1v) is 4.78. The number of alkyl carbamates (subject to hydrolysis) is 1. The van der Waals surface area contributed by atoms with Gasteiger partial charge in [-0.1, -0.05) is 0 Å². The Kier molecular flexibility index (Phi) is 5.20. The van der Waals surface area contributed by atoms with Crippen LogP contribution in [0.15, 0.2) is 0 Å². The third kappa shape index (κ3) is 7.58. The van der Waals surface area contributed by atoms with Crippen LogP contribution in [0.2, 0.25) is 0 Å². The van der Waals surface area contributed by atoms with Crippen LogP contribution in [0.5, 0.6) is 0 Å². The predicted molar refractivity (Wildman–Crippen MR) is 54.1 cm³/mol. The average molecular weight is 201 g/mol. The summed E-state index contributed by atoms with van der Waals surface area (Å²) >= 11 is 0. The number of carbonyl (C=O) groups is 2. The van der Waals surface area contributed by atoms with Gasteiger partial charge in [0.15, 0.2) is 0 Å². The van der Waals surface area contributed by atoms with Crippen molar-refractivity contribution in [2.75, 3.05) is 0 Å². The van der Waals surface area contributed by atoms with Crippen molar-refractivity contribution in [1.29, 1.82) is 0 Å². The summed E-state index contributed by atoms with van der Waals surface area (Å²) in [4.78, 5) is 21.3. The first-order valence-electron chi connectivity index (χ1n) is 4.78. The first-order chi connectivity index (χ1) is 6.35. The summed E-state index contributed by atoms with van der Waals surface area (Å²) in [6.07, 6.45) is 1.50. The minimum Gasteiger partial charge on any atom is -0.444 e. The Morgan fingerprint density at radius 3 is 2.50 bits per heavy atom. The molecule has 0 radical (unpaired) electrons. The second kappa shape index (κ2) is 5.62. The highest BCUT2D eigenvalue weighted by Crippen LogP contribution is 2.07. The van der Waals surface area contributed by atoms with E-state index in [1.165, 1.54) is 0 Å². The lowest BCUT2D eigenvalue weighted by Crippen LogP contribution is -2.37. The lowest BCUT2D eigenvalue weighted by molar-refractivity contribution is -0.108. The van der Waals surface area contributed by atoms with Crippen LogP contribution in [0.1, 0.15) is 40.5 Å². The van der Waals surface area contributed by atoms with Crippen LogP contribution in [0.4, 0.5) is 4.79 Å². The molecular weight excluding hydrogens is 182 g/mol. The summed E-state index contributed by atoms with van der Waals surface area (Å²) < 4.78 is 5.05. The molecule has 0 unspecified atom stereocenters. The normalized spacial score (nSPS) is 13.1. The van der Waals surface area contributed by atoms with Crippen molar-refractivity contribution in [3.63, 3.8) is 0 Å². The summed E-state index contributed by atoms with van der Waals surface area (Å²) in [5.74, 6) is 0. The zero-order valence-electron chi connectivity index (χ0n) is 9.29. The quantitative estimate of drug-likeness (QED) is 0.706. The summed E-state index contributed by atoms with van der Waals surface area (Å²) in [5.41, 5.74) is -0.478. The Morgan fingerprint density at radius 2 is 2.07 bits per heavy atom. The Hall–Kier alpha value is -1.06. The molecular formula is C10H19NO3. The van der Waals surface area contributed by atoms with E-state index in [9.17, 15) is 9.59 Å². The Morgan fingerprint density at radius 1 is 1.50 bits per heavy atom. The average Bonchev–Trinajstić information content (AvgIpc) is 1.96. The smallest absolute Gasteiger partial charge is 0.407 e. The van der Waals surface area contributed by atoms with Crippen molar-refractivity contribution in [1.82, 2.24) is 5.32 Å². The monoisotopic (exact) mass is 201 g/mol. The van der Waals surface area contributed by atoms with Crippen molar-refractivity contribution in [3.8, 4) is 0 Å². The van der Waals surface area contributed by atoms with Crippen LogP contribution >= 0.6 is 0 Å². The van der Waals surface area contributed by atoms with E-state index in [0.717, 1.165) is 6.29 Å². The van der Waals surface area contributed by atoms with Crippen LogP contribution in [0.25, 0.3) is 0 Å². The zero-order chi connectivity index (χ0) is 11.2. The molecule has 0 aliphatic carbocycles. The molecule has 0 aromatic heterocycles. The Labute approximate surface area is 85.0 Å². The lowest BCUT2D eigenvalue weighted by Gasteiger charge is -2.21. The summed E-state index contributed by atoms with van der Waals surface area (Å²) in [5, 5.41) is 2.65. The van der Waals surface area contributed by atoms with Crippen molar-refractivity contribution in [2.24, 2.45) is 0 Å². The lowest BCUT2D eigenvalue weighted by atomic mass is 10.2. The van der Waals surface area contributed by atoms with Crippen molar-refractivity contribution in [3.05, 3.63) is 0 Å². The van der Waals surface area contributed by atoms with E-state index < -0.39 is 11.7 Å². The van der Waals surface area contributed by atoms with Crippen LogP contribution in [-0.4, -0.2) is 24.0 Å². The number of hydrogen-bond acceptors (Lipinski definition) is 3. The first kappa shape index (κ1) is 12.9. The summed E-state index contributed by atoms with van der Waals surface area (Å²) in [6, 6.07) is -0.0324. The van der Waals surface area contributed by atoms with E-state index in [-0.39, 0.29) is 6.04 Å². The van der Waals surface area contributed by atoms with E-state index in [1.807, 2.05) is 27.7 Å². The molecule has 82 valence electrons. The second-order valence-corrected chi connectivity index (χ2v) is 4.29. The number of nitrogens with one attached hydrogen (secondary N) is 1. The van der Waals surface area contributed by atoms with Gasteiger partial charge in [-0.2, -0.15) is 0 Å². The van der Waals surface area contributed by atoms with Gasteiger partial charge in [0.25, 0.3) is 0 Å². The molecule has 1 N–H and O–H groups in total. The maximum Gasteiger partial charge on any atom is 0.407 e. The third-order valence-corrected chi connectivity index (χ3v) is 1.48. The number of aldehydes is 1. The van der Waals surface area contributed by atoms with Gasteiger partial charge in [-0.15, -0.1) is 0 Å². The number of hydrogen-bond donors (Lipinski definition) is 1. The molecule has 0 bridgehead atoms. The molecule has 0 rings (SSSR count). The van der Waals surface area contributed by atoms with Gasteiger partial charge in [0.05, 0.1) is 0 Å². The van der Waals surface area contributed by atoms with Gasteiger partial charge in [0.1, 0.15) is 11.9 Å². The predicted octanol–water partition coefficient (Wildman–Crippen LogP) is 1.88. The van der Waals surface area contributed by atoms with Crippen LogP contribution in [-0.2, 0) is 9.53 Å². The standard InChI is InChI=1S/C10H19NO3/c1-8(6-5-7-12)11-9(13)14-10(2,3)4/h7-8H,5-6H2,1-4H3,(H,11,13)/t8-/m1/s1. The fourth-order valence-corrected chi connectivity index (χ4v) is 0.899. The molecule has 1 atom stereocenters. The third-order valence-electron chi connectivity index (χ3n) is 1.48. The van der Waals surface area contributed by atoms with Crippen LogP contribution < -0.4 is 5.32 Å². The SMILES string of the molecule is C[C@H](CCC=O)NC(=O)OC(C)(C)C.